The number of rotatable bonds is 7. The summed E-state index contributed by atoms with van der Waals surface area (Å²) in [5, 5.41) is 6.09. The van der Waals surface area contributed by atoms with E-state index in [1.54, 1.807) is 24.3 Å². The van der Waals surface area contributed by atoms with Crippen molar-refractivity contribution in [2.75, 3.05) is 46.3 Å². The van der Waals surface area contributed by atoms with Crippen LogP contribution in [0.5, 0.6) is 0 Å². The first-order valence-electron chi connectivity index (χ1n) is 9.81. The van der Waals surface area contributed by atoms with Gasteiger partial charge in [-0.15, -0.1) is 0 Å². The Balaban J connectivity index is 1.59. The topological polar surface area (TPSA) is 64.7 Å². The molecule has 2 aromatic carbocycles. The van der Waals surface area contributed by atoms with Crippen LogP contribution in [-0.4, -0.2) is 67.9 Å². The molecule has 1 heterocycles. The van der Waals surface area contributed by atoms with Crippen molar-refractivity contribution in [2.24, 2.45) is 0 Å². The van der Waals surface area contributed by atoms with Gasteiger partial charge in [-0.25, -0.2) is 0 Å². The number of nitrogens with one attached hydrogen (secondary N) is 2. The van der Waals surface area contributed by atoms with Crippen LogP contribution in [0.4, 0.5) is 0 Å². The van der Waals surface area contributed by atoms with Crippen molar-refractivity contribution in [3.63, 3.8) is 0 Å². The average Bonchev–Trinajstić information content (AvgIpc) is 2.74. The molecular formula is C22H27ClN4O2. The number of hydrogen-bond acceptors (Lipinski definition) is 4. The van der Waals surface area contributed by atoms with Crippen molar-refractivity contribution in [1.29, 1.82) is 0 Å². The quantitative estimate of drug-likeness (QED) is 0.728. The Morgan fingerprint density at radius 3 is 2.34 bits per heavy atom. The number of likely N-dealkylation sites (N-methyl/N-ethyl adjacent to an activating group) is 1. The highest BCUT2D eigenvalue weighted by atomic mass is 35.5. The summed E-state index contributed by atoms with van der Waals surface area (Å²) in [6, 6.07) is 16.6. The molecule has 29 heavy (non-hydrogen) atoms. The molecule has 0 saturated carbocycles. The third-order valence-corrected chi connectivity index (χ3v) is 5.43. The van der Waals surface area contributed by atoms with Gasteiger partial charge in [-0.1, -0.05) is 54.1 Å². The first-order valence-corrected chi connectivity index (χ1v) is 10.2. The van der Waals surface area contributed by atoms with Gasteiger partial charge in [-0.3, -0.25) is 14.5 Å². The number of halogens is 1. The molecule has 7 heteroatoms. The van der Waals surface area contributed by atoms with Gasteiger partial charge in [-0.05, 0) is 24.7 Å². The summed E-state index contributed by atoms with van der Waals surface area (Å²) in [7, 11) is 2.12. The van der Waals surface area contributed by atoms with Gasteiger partial charge in [0.2, 0.25) is 5.91 Å². The molecule has 0 aliphatic carbocycles. The van der Waals surface area contributed by atoms with Gasteiger partial charge >= 0.3 is 0 Å². The van der Waals surface area contributed by atoms with Crippen molar-refractivity contribution < 1.29 is 9.59 Å². The number of carbonyl (C=O) groups excluding carboxylic acids is 2. The summed E-state index contributed by atoms with van der Waals surface area (Å²) in [5.41, 5.74) is 1.41. The summed E-state index contributed by atoms with van der Waals surface area (Å²) in [4.78, 5) is 29.5. The number of benzene rings is 2. The standard InChI is InChI=1S/C22H27ClN4O2/c1-26-11-13-27(14-12-26)16-20(17-7-3-2-4-8-17)25-21(28)15-24-22(29)18-9-5-6-10-19(18)23/h2-10,20H,11-16H2,1H3,(H,24,29)(H,25,28). The smallest absolute Gasteiger partial charge is 0.253 e. The number of nitrogens with zero attached hydrogens (tertiary/aromatic N) is 2. The first kappa shape index (κ1) is 21.3. The fourth-order valence-electron chi connectivity index (χ4n) is 3.35. The minimum absolute atomic E-state index is 0.101. The van der Waals surface area contributed by atoms with Crippen molar-refractivity contribution in [3.05, 3.63) is 70.7 Å². The Morgan fingerprint density at radius 1 is 1.00 bits per heavy atom. The van der Waals surface area contributed by atoms with Crippen LogP contribution in [0.3, 0.4) is 0 Å². The highest BCUT2D eigenvalue weighted by Gasteiger charge is 2.21. The van der Waals surface area contributed by atoms with E-state index in [1.165, 1.54) is 0 Å². The molecule has 2 N–H and O–H groups in total. The Hall–Kier alpha value is -2.41. The van der Waals surface area contributed by atoms with Gasteiger partial charge in [0, 0.05) is 32.7 Å². The van der Waals surface area contributed by atoms with Gasteiger partial charge in [0.15, 0.2) is 0 Å². The van der Waals surface area contributed by atoms with Gasteiger partial charge in [-0.2, -0.15) is 0 Å². The zero-order valence-electron chi connectivity index (χ0n) is 16.6. The maximum Gasteiger partial charge on any atom is 0.253 e. The molecule has 1 fully saturated rings. The predicted molar refractivity (Wildman–Crippen MR) is 115 cm³/mol. The molecule has 1 saturated heterocycles. The molecular weight excluding hydrogens is 388 g/mol. The molecule has 0 bridgehead atoms. The van der Waals surface area contributed by atoms with E-state index in [2.05, 4.69) is 27.5 Å². The van der Waals surface area contributed by atoms with Crippen LogP contribution in [0, 0.1) is 0 Å². The van der Waals surface area contributed by atoms with E-state index in [-0.39, 0.29) is 24.4 Å². The minimum atomic E-state index is -0.360. The highest BCUT2D eigenvalue weighted by molar-refractivity contribution is 6.33. The second kappa shape index (κ2) is 10.4. The Labute approximate surface area is 176 Å². The molecule has 2 aromatic rings. The Kier molecular flexibility index (Phi) is 7.63. The first-order chi connectivity index (χ1) is 14.0. The van der Waals surface area contributed by atoms with E-state index in [0.717, 1.165) is 38.3 Å². The van der Waals surface area contributed by atoms with Crippen LogP contribution in [0.1, 0.15) is 22.0 Å². The van der Waals surface area contributed by atoms with Crippen LogP contribution in [0.2, 0.25) is 5.02 Å². The molecule has 0 radical (unpaired) electrons. The summed E-state index contributed by atoms with van der Waals surface area (Å²) in [6.45, 7) is 4.61. The maximum absolute atomic E-state index is 12.6. The summed E-state index contributed by atoms with van der Waals surface area (Å²) in [6.07, 6.45) is 0. The van der Waals surface area contributed by atoms with E-state index < -0.39 is 0 Å². The fourth-order valence-corrected chi connectivity index (χ4v) is 3.58. The zero-order chi connectivity index (χ0) is 20.6. The van der Waals surface area contributed by atoms with Crippen LogP contribution < -0.4 is 10.6 Å². The van der Waals surface area contributed by atoms with Crippen LogP contribution in [-0.2, 0) is 4.79 Å². The van der Waals surface area contributed by atoms with Crippen LogP contribution in [0.15, 0.2) is 54.6 Å². The largest absolute Gasteiger partial charge is 0.346 e. The fraction of sp³-hybridized carbons (Fsp3) is 0.364. The Bertz CT molecular complexity index is 823. The molecule has 0 spiro atoms. The zero-order valence-corrected chi connectivity index (χ0v) is 17.4. The molecule has 154 valence electrons. The minimum Gasteiger partial charge on any atom is -0.346 e. The second-order valence-electron chi connectivity index (χ2n) is 7.30. The lowest BCUT2D eigenvalue weighted by Crippen LogP contribution is -2.48. The van der Waals surface area contributed by atoms with Crippen molar-refractivity contribution >= 4 is 23.4 Å². The SMILES string of the molecule is CN1CCN(CC(NC(=O)CNC(=O)c2ccccc2Cl)c2ccccc2)CC1. The maximum atomic E-state index is 12.6. The lowest BCUT2D eigenvalue weighted by Gasteiger charge is -2.35. The van der Waals surface area contributed by atoms with Crippen LogP contribution >= 0.6 is 11.6 Å². The number of hydrogen-bond donors (Lipinski definition) is 2. The molecule has 6 nitrogen and oxygen atoms in total. The molecule has 1 aliphatic heterocycles. The van der Waals surface area contributed by atoms with Crippen molar-refractivity contribution in [1.82, 2.24) is 20.4 Å². The van der Waals surface area contributed by atoms with E-state index in [0.29, 0.717) is 10.6 Å². The Morgan fingerprint density at radius 2 is 1.66 bits per heavy atom. The van der Waals surface area contributed by atoms with Gasteiger partial charge in [0.1, 0.15) is 0 Å². The molecule has 2 amide bonds. The molecule has 1 unspecified atom stereocenters. The monoisotopic (exact) mass is 414 g/mol. The lowest BCUT2D eigenvalue weighted by molar-refractivity contribution is -0.121. The third kappa shape index (κ3) is 6.29. The normalized spacial score (nSPS) is 16.2. The molecule has 1 atom stereocenters. The van der Waals surface area contributed by atoms with E-state index in [9.17, 15) is 9.59 Å². The van der Waals surface area contributed by atoms with Crippen molar-refractivity contribution in [3.8, 4) is 0 Å². The molecule has 3 rings (SSSR count). The average molecular weight is 415 g/mol. The molecule has 1 aliphatic rings. The number of amides is 2. The number of carbonyl (C=O) groups is 2. The molecule has 0 aromatic heterocycles. The summed E-state index contributed by atoms with van der Waals surface area (Å²) < 4.78 is 0. The lowest BCUT2D eigenvalue weighted by atomic mass is 10.1. The second-order valence-corrected chi connectivity index (χ2v) is 7.70. The van der Waals surface area contributed by atoms with Gasteiger partial charge in [0.25, 0.3) is 5.91 Å². The van der Waals surface area contributed by atoms with E-state index >= 15 is 0 Å². The van der Waals surface area contributed by atoms with Gasteiger partial charge in [0.05, 0.1) is 23.2 Å². The number of piperazine rings is 1. The van der Waals surface area contributed by atoms with Gasteiger partial charge < -0.3 is 15.5 Å². The summed E-state index contributed by atoms with van der Waals surface area (Å²) >= 11 is 6.05. The van der Waals surface area contributed by atoms with E-state index in [4.69, 9.17) is 11.6 Å². The van der Waals surface area contributed by atoms with Crippen molar-refractivity contribution in [2.45, 2.75) is 6.04 Å². The highest BCUT2D eigenvalue weighted by Crippen LogP contribution is 2.16. The van der Waals surface area contributed by atoms with Crippen LogP contribution in [0.25, 0.3) is 0 Å². The third-order valence-electron chi connectivity index (χ3n) is 5.10. The predicted octanol–water partition coefficient (Wildman–Crippen LogP) is 2.17. The van der Waals surface area contributed by atoms with E-state index in [1.807, 2.05) is 30.3 Å². The summed E-state index contributed by atoms with van der Waals surface area (Å²) in [5.74, 6) is -0.588.